The largest absolute Gasteiger partial charge is 0.342 e. The molecule has 2 amide bonds. The lowest BCUT2D eigenvalue weighted by molar-refractivity contribution is -0.134. The summed E-state index contributed by atoms with van der Waals surface area (Å²) < 4.78 is 0. The predicted octanol–water partition coefficient (Wildman–Crippen LogP) is 2.77. The summed E-state index contributed by atoms with van der Waals surface area (Å²) in [6.45, 7) is 11.9. The number of likely N-dealkylation sites (tertiary alicyclic amines) is 1. The van der Waals surface area contributed by atoms with Gasteiger partial charge in [-0.25, -0.2) is 0 Å². The van der Waals surface area contributed by atoms with Gasteiger partial charge in [0.05, 0.1) is 12.6 Å². The van der Waals surface area contributed by atoms with E-state index in [0.717, 1.165) is 63.4 Å². The van der Waals surface area contributed by atoms with Gasteiger partial charge >= 0.3 is 0 Å². The number of piperidine rings is 1. The monoisotopic (exact) mass is 400 g/mol. The summed E-state index contributed by atoms with van der Waals surface area (Å²) in [6, 6.07) is 7.84. The molecule has 0 bridgehead atoms. The Labute approximate surface area is 175 Å². The number of nitrogens with zero attached hydrogens (tertiary/aromatic N) is 3. The molecule has 2 saturated heterocycles. The van der Waals surface area contributed by atoms with E-state index in [1.54, 1.807) is 0 Å². The van der Waals surface area contributed by atoms with Crippen molar-refractivity contribution < 1.29 is 9.59 Å². The first kappa shape index (κ1) is 21.8. The fourth-order valence-electron chi connectivity index (χ4n) is 4.26. The molecule has 1 atom stereocenters. The van der Waals surface area contributed by atoms with E-state index in [9.17, 15) is 9.59 Å². The molecule has 1 aromatic carbocycles. The number of benzene rings is 1. The average molecular weight is 401 g/mol. The maximum atomic E-state index is 12.8. The molecule has 0 spiro atoms. The van der Waals surface area contributed by atoms with E-state index in [0.29, 0.717) is 12.5 Å². The Morgan fingerprint density at radius 1 is 0.931 bits per heavy atom. The molecule has 6 heteroatoms. The lowest BCUT2D eigenvalue weighted by atomic mass is 10.0. The quantitative estimate of drug-likeness (QED) is 0.798. The van der Waals surface area contributed by atoms with Crippen molar-refractivity contribution in [2.24, 2.45) is 0 Å². The fourth-order valence-corrected chi connectivity index (χ4v) is 4.26. The summed E-state index contributed by atoms with van der Waals surface area (Å²) in [5, 5.41) is 3.12. The Morgan fingerprint density at radius 3 is 2.24 bits per heavy atom. The van der Waals surface area contributed by atoms with Gasteiger partial charge in [-0.15, -0.1) is 0 Å². The third kappa shape index (κ3) is 5.80. The molecule has 3 rings (SSSR count). The number of amides is 2. The summed E-state index contributed by atoms with van der Waals surface area (Å²) in [6.07, 6.45) is 3.50. The molecule has 0 aromatic heterocycles. The van der Waals surface area contributed by atoms with E-state index in [2.05, 4.69) is 35.0 Å². The van der Waals surface area contributed by atoms with Crippen LogP contribution in [0.3, 0.4) is 0 Å². The first-order valence-electron chi connectivity index (χ1n) is 11.1. The van der Waals surface area contributed by atoms with Gasteiger partial charge in [0.2, 0.25) is 11.8 Å². The highest BCUT2D eigenvalue weighted by Crippen LogP contribution is 2.24. The average Bonchev–Trinajstić information content (AvgIpc) is 2.74. The number of hydrogen-bond acceptors (Lipinski definition) is 4. The molecule has 1 unspecified atom stereocenters. The lowest BCUT2D eigenvalue weighted by Gasteiger charge is -2.38. The van der Waals surface area contributed by atoms with Crippen molar-refractivity contribution in [2.45, 2.75) is 52.0 Å². The summed E-state index contributed by atoms with van der Waals surface area (Å²) in [4.78, 5) is 31.8. The molecule has 0 aliphatic carbocycles. The Bertz CT molecular complexity index is 692. The first-order valence-corrected chi connectivity index (χ1v) is 11.1. The SMILES string of the molecule is CC(C)c1ccccc1NC(=O)C(C)N1CCN(CC(=O)N2CCCCC2)CC1. The standard InChI is InChI=1S/C23H36N4O2/c1-18(2)20-9-5-6-10-21(20)24-23(29)19(3)26-15-13-25(14-16-26)17-22(28)27-11-7-4-8-12-27/h5-6,9-10,18-19H,4,7-8,11-17H2,1-3H3,(H,24,29). The summed E-state index contributed by atoms with van der Waals surface area (Å²) in [7, 11) is 0. The van der Waals surface area contributed by atoms with Crippen molar-refractivity contribution >= 4 is 17.5 Å². The zero-order chi connectivity index (χ0) is 20.8. The number of piperazine rings is 1. The van der Waals surface area contributed by atoms with E-state index in [4.69, 9.17) is 0 Å². The van der Waals surface area contributed by atoms with Gasteiger partial charge < -0.3 is 10.2 Å². The second kappa shape index (κ2) is 10.2. The minimum atomic E-state index is -0.185. The van der Waals surface area contributed by atoms with Crippen molar-refractivity contribution in [1.82, 2.24) is 14.7 Å². The lowest BCUT2D eigenvalue weighted by Crippen LogP contribution is -2.54. The van der Waals surface area contributed by atoms with Crippen LogP contribution in [0, 0.1) is 0 Å². The minimum absolute atomic E-state index is 0.0379. The van der Waals surface area contributed by atoms with Crippen LogP contribution >= 0.6 is 0 Å². The normalized spacial score (nSPS) is 19.9. The molecular formula is C23H36N4O2. The number of hydrogen-bond donors (Lipinski definition) is 1. The number of anilines is 1. The molecule has 2 heterocycles. The van der Waals surface area contributed by atoms with Gasteiger partial charge in [0.1, 0.15) is 0 Å². The van der Waals surface area contributed by atoms with Crippen LogP contribution in [0.25, 0.3) is 0 Å². The van der Waals surface area contributed by atoms with Crippen LogP contribution in [-0.2, 0) is 9.59 Å². The summed E-state index contributed by atoms with van der Waals surface area (Å²) >= 11 is 0. The van der Waals surface area contributed by atoms with E-state index < -0.39 is 0 Å². The van der Waals surface area contributed by atoms with Crippen LogP contribution in [0.15, 0.2) is 24.3 Å². The van der Waals surface area contributed by atoms with Crippen LogP contribution in [0.4, 0.5) is 5.69 Å². The molecule has 1 N–H and O–H groups in total. The molecule has 160 valence electrons. The Morgan fingerprint density at radius 2 is 1.59 bits per heavy atom. The van der Waals surface area contributed by atoms with Crippen molar-refractivity contribution in [3.63, 3.8) is 0 Å². The molecule has 0 radical (unpaired) electrons. The van der Waals surface area contributed by atoms with Gasteiger partial charge in [-0.2, -0.15) is 0 Å². The molecule has 1 aromatic rings. The summed E-state index contributed by atoms with van der Waals surface area (Å²) in [5.74, 6) is 0.660. The highest BCUT2D eigenvalue weighted by Gasteiger charge is 2.28. The number of carbonyl (C=O) groups is 2. The van der Waals surface area contributed by atoms with Crippen molar-refractivity contribution in [2.75, 3.05) is 51.1 Å². The summed E-state index contributed by atoms with van der Waals surface area (Å²) in [5.41, 5.74) is 2.07. The zero-order valence-corrected chi connectivity index (χ0v) is 18.2. The van der Waals surface area contributed by atoms with Crippen LogP contribution < -0.4 is 5.32 Å². The van der Waals surface area contributed by atoms with E-state index in [1.165, 1.54) is 6.42 Å². The Balaban J connectivity index is 1.47. The van der Waals surface area contributed by atoms with Gasteiger partial charge in [-0.05, 0) is 43.7 Å². The van der Waals surface area contributed by atoms with Crippen molar-refractivity contribution in [3.05, 3.63) is 29.8 Å². The van der Waals surface area contributed by atoms with Gasteiger partial charge in [-0.3, -0.25) is 19.4 Å². The van der Waals surface area contributed by atoms with E-state index in [1.807, 2.05) is 30.0 Å². The van der Waals surface area contributed by atoms with Gasteiger partial charge in [-0.1, -0.05) is 32.0 Å². The van der Waals surface area contributed by atoms with Gasteiger partial charge in [0.25, 0.3) is 0 Å². The second-order valence-corrected chi connectivity index (χ2v) is 8.66. The van der Waals surface area contributed by atoms with Gasteiger partial charge in [0.15, 0.2) is 0 Å². The van der Waals surface area contributed by atoms with Crippen LogP contribution in [0.5, 0.6) is 0 Å². The fraction of sp³-hybridized carbons (Fsp3) is 0.652. The maximum absolute atomic E-state index is 12.8. The topological polar surface area (TPSA) is 55.9 Å². The zero-order valence-electron chi connectivity index (χ0n) is 18.2. The molecule has 2 aliphatic rings. The van der Waals surface area contributed by atoms with Crippen LogP contribution in [0.1, 0.15) is 51.5 Å². The third-order valence-corrected chi connectivity index (χ3v) is 6.24. The molecule has 29 heavy (non-hydrogen) atoms. The maximum Gasteiger partial charge on any atom is 0.241 e. The van der Waals surface area contributed by atoms with Crippen LogP contribution in [0.2, 0.25) is 0 Å². The van der Waals surface area contributed by atoms with Gasteiger partial charge in [0, 0.05) is 45.0 Å². The molecule has 6 nitrogen and oxygen atoms in total. The number of rotatable bonds is 6. The first-order chi connectivity index (χ1) is 14.0. The van der Waals surface area contributed by atoms with E-state index >= 15 is 0 Å². The Hall–Kier alpha value is -1.92. The smallest absolute Gasteiger partial charge is 0.241 e. The molecular weight excluding hydrogens is 364 g/mol. The molecule has 2 aliphatic heterocycles. The van der Waals surface area contributed by atoms with Crippen molar-refractivity contribution in [3.8, 4) is 0 Å². The minimum Gasteiger partial charge on any atom is -0.342 e. The number of para-hydroxylation sites is 1. The van der Waals surface area contributed by atoms with Crippen molar-refractivity contribution in [1.29, 1.82) is 0 Å². The number of nitrogens with one attached hydrogen (secondary N) is 1. The van der Waals surface area contributed by atoms with E-state index in [-0.39, 0.29) is 17.9 Å². The second-order valence-electron chi connectivity index (χ2n) is 8.66. The number of carbonyl (C=O) groups excluding carboxylic acids is 2. The highest BCUT2D eigenvalue weighted by molar-refractivity contribution is 5.95. The van der Waals surface area contributed by atoms with Crippen LogP contribution in [-0.4, -0.2) is 78.4 Å². The molecule has 0 saturated carbocycles. The predicted molar refractivity (Wildman–Crippen MR) is 117 cm³/mol. The Kier molecular flexibility index (Phi) is 7.67. The molecule has 2 fully saturated rings. The third-order valence-electron chi connectivity index (χ3n) is 6.24. The highest BCUT2D eigenvalue weighted by atomic mass is 16.2.